The molecule has 3 rings (SSSR count). The number of allylic oxidation sites excluding steroid dienone is 1. The van der Waals surface area contributed by atoms with E-state index in [2.05, 4.69) is 41.4 Å². The van der Waals surface area contributed by atoms with Gasteiger partial charge in [-0.05, 0) is 29.7 Å². The van der Waals surface area contributed by atoms with Crippen LogP contribution in [0.25, 0.3) is 6.08 Å². The first kappa shape index (κ1) is 9.66. The van der Waals surface area contributed by atoms with Gasteiger partial charge in [0.05, 0.1) is 0 Å². The fourth-order valence-electron chi connectivity index (χ4n) is 1.51. The maximum absolute atomic E-state index is 3.78. The highest BCUT2D eigenvalue weighted by atomic mass is 14.6. The molecule has 0 N–H and O–H groups in total. The van der Waals surface area contributed by atoms with Crippen LogP contribution in [0.15, 0.2) is 60.9 Å². The Bertz CT molecular complexity index is 405. The molecule has 0 amide bonds. The summed E-state index contributed by atoms with van der Waals surface area (Å²) in [6, 6.07) is 14.2. The van der Waals surface area contributed by atoms with E-state index >= 15 is 0 Å². The van der Waals surface area contributed by atoms with E-state index in [0.717, 1.165) is 6.42 Å². The standard InChI is InChI=1S/C9H8.C5H5N/c1-2-5-9-7-3-6-8(9)4-1;1-2-4-6-5-3-1/h1-6H,7H2;1-5H. The van der Waals surface area contributed by atoms with Crippen molar-refractivity contribution in [1.82, 2.24) is 4.98 Å². The molecule has 0 saturated carbocycles. The van der Waals surface area contributed by atoms with E-state index < -0.39 is 0 Å². The molecule has 2 aromatic rings. The van der Waals surface area contributed by atoms with E-state index in [4.69, 9.17) is 0 Å². The van der Waals surface area contributed by atoms with Gasteiger partial charge in [0.15, 0.2) is 0 Å². The summed E-state index contributed by atoms with van der Waals surface area (Å²) in [5.41, 5.74) is 2.84. The van der Waals surface area contributed by atoms with E-state index in [9.17, 15) is 0 Å². The van der Waals surface area contributed by atoms with E-state index in [0.29, 0.717) is 0 Å². The molecule has 1 aliphatic rings. The van der Waals surface area contributed by atoms with Crippen molar-refractivity contribution in [1.29, 1.82) is 0 Å². The first-order valence-electron chi connectivity index (χ1n) is 5.06. The maximum Gasteiger partial charge on any atom is 0.0267 e. The Balaban J connectivity index is 0.000000124. The zero-order valence-corrected chi connectivity index (χ0v) is 8.51. The molecule has 0 radical (unpaired) electrons. The number of fused-ring (bicyclic) bond motifs is 1. The quantitative estimate of drug-likeness (QED) is 0.628. The first-order chi connectivity index (χ1) is 7.47. The van der Waals surface area contributed by atoms with Crippen LogP contribution in [0.1, 0.15) is 11.1 Å². The summed E-state index contributed by atoms with van der Waals surface area (Å²) in [7, 11) is 0. The number of hydrogen-bond acceptors (Lipinski definition) is 1. The third kappa shape index (κ3) is 2.78. The summed E-state index contributed by atoms with van der Waals surface area (Å²) in [4.78, 5) is 3.78. The average molecular weight is 195 g/mol. The Hall–Kier alpha value is -1.89. The topological polar surface area (TPSA) is 12.9 Å². The zero-order chi connectivity index (χ0) is 10.3. The SMILES string of the molecule is C1=Cc2ccccc2C1.c1ccncc1. The molecule has 1 aliphatic carbocycles. The fourth-order valence-corrected chi connectivity index (χ4v) is 1.51. The van der Waals surface area contributed by atoms with Gasteiger partial charge in [-0.2, -0.15) is 0 Å². The maximum atomic E-state index is 3.78. The largest absolute Gasteiger partial charge is 0.265 e. The average Bonchev–Trinajstić information content (AvgIpc) is 2.80. The molecular weight excluding hydrogens is 182 g/mol. The lowest BCUT2D eigenvalue weighted by atomic mass is 10.1. The van der Waals surface area contributed by atoms with E-state index in [1.165, 1.54) is 11.1 Å². The van der Waals surface area contributed by atoms with Crippen LogP contribution < -0.4 is 0 Å². The highest BCUT2D eigenvalue weighted by Crippen LogP contribution is 2.17. The van der Waals surface area contributed by atoms with Crippen molar-refractivity contribution in [3.63, 3.8) is 0 Å². The molecule has 1 nitrogen and oxygen atoms in total. The summed E-state index contributed by atoms with van der Waals surface area (Å²) in [5, 5.41) is 0. The van der Waals surface area contributed by atoms with E-state index in [1.54, 1.807) is 12.4 Å². The van der Waals surface area contributed by atoms with Crippen molar-refractivity contribution in [2.75, 3.05) is 0 Å². The van der Waals surface area contributed by atoms with Crippen LogP contribution in [-0.4, -0.2) is 4.98 Å². The second-order valence-corrected chi connectivity index (χ2v) is 3.33. The Morgan fingerprint density at radius 2 is 1.67 bits per heavy atom. The minimum atomic E-state index is 1.12. The molecule has 1 aromatic carbocycles. The number of pyridine rings is 1. The van der Waals surface area contributed by atoms with Crippen LogP contribution in [0.2, 0.25) is 0 Å². The van der Waals surface area contributed by atoms with Crippen molar-refractivity contribution >= 4 is 6.08 Å². The van der Waals surface area contributed by atoms with Gasteiger partial charge >= 0.3 is 0 Å². The molecule has 0 unspecified atom stereocenters. The molecule has 0 bridgehead atoms. The van der Waals surface area contributed by atoms with Gasteiger partial charge in [-0.25, -0.2) is 0 Å². The summed E-state index contributed by atoms with van der Waals surface area (Å²) in [6.45, 7) is 0. The highest BCUT2D eigenvalue weighted by Gasteiger charge is 2.00. The highest BCUT2D eigenvalue weighted by molar-refractivity contribution is 5.59. The van der Waals surface area contributed by atoms with Crippen molar-refractivity contribution in [3.8, 4) is 0 Å². The Morgan fingerprint density at radius 1 is 0.867 bits per heavy atom. The minimum Gasteiger partial charge on any atom is -0.265 e. The fraction of sp³-hybridized carbons (Fsp3) is 0.0714. The predicted molar refractivity (Wildman–Crippen MR) is 63.4 cm³/mol. The Labute approximate surface area is 90.1 Å². The minimum absolute atomic E-state index is 1.12. The molecule has 74 valence electrons. The van der Waals surface area contributed by atoms with Crippen LogP contribution in [0.3, 0.4) is 0 Å². The van der Waals surface area contributed by atoms with Gasteiger partial charge in [-0.1, -0.05) is 42.5 Å². The molecule has 0 fully saturated rings. The van der Waals surface area contributed by atoms with E-state index in [1.807, 2.05) is 18.2 Å². The molecule has 0 aliphatic heterocycles. The summed E-state index contributed by atoms with van der Waals surface area (Å²) < 4.78 is 0. The third-order valence-electron chi connectivity index (χ3n) is 2.26. The Morgan fingerprint density at radius 3 is 2.27 bits per heavy atom. The summed E-state index contributed by atoms with van der Waals surface area (Å²) in [6.07, 6.45) is 9.00. The molecule has 0 spiro atoms. The van der Waals surface area contributed by atoms with Crippen molar-refractivity contribution in [3.05, 3.63) is 72.1 Å². The van der Waals surface area contributed by atoms with Crippen molar-refractivity contribution < 1.29 is 0 Å². The van der Waals surface area contributed by atoms with Gasteiger partial charge < -0.3 is 0 Å². The van der Waals surface area contributed by atoms with Crippen LogP contribution >= 0.6 is 0 Å². The van der Waals surface area contributed by atoms with Gasteiger partial charge in [0.1, 0.15) is 0 Å². The van der Waals surface area contributed by atoms with Crippen LogP contribution in [0.4, 0.5) is 0 Å². The lowest BCUT2D eigenvalue weighted by molar-refractivity contribution is 1.31. The third-order valence-corrected chi connectivity index (χ3v) is 2.26. The number of benzene rings is 1. The molecule has 1 heteroatoms. The molecular formula is C14H13N. The van der Waals surface area contributed by atoms with Gasteiger partial charge in [0, 0.05) is 12.4 Å². The normalized spacial score (nSPS) is 11.5. The zero-order valence-electron chi connectivity index (χ0n) is 8.51. The predicted octanol–water partition coefficient (Wildman–Crippen LogP) is 3.34. The van der Waals surface area contributed by atoms with Gasteiger partial charge in [0.2, 0.25) is 0 Å². The van der Waals surface area contributed by atoms with Crippen LogP contribution in [-0.2, 0) is 6.42 Å². The smallest absolute Gasteiger partial charge is 0.0267 e. The van der Waals surface area contributed by atoms with Gasteiger partial charge in [-0.15, -0.1) is 0 Å². The number of nitrogens with zero attached hydrogens (tertiary/aromatic N) is 1. The molecule has 0 saturated heterocycles. The van der Waals surface area contributed by atoms with Gasteiger partial charge in [-0.3, -0.25) is 4.98 Å². The second-order valence-electron chi connectivity index (χ2n) is 3.33. The summed E-state index contributed by atoms with van der Waals surface area (Å²) >= 11 is 0. The van der Waals surface area contributed by atoms with Crippen molar-refractivity contribution in [2.45, 2.75) is 6.42 Å². The molecule has 15 heavy (non-hydrogen) atoms. The molecule has 1 heterocycles. The van der Waals surface area contributed by atoms with Crippen molar-refractivity contribution in [2.24, 2.45) is 0 Å². The van der Waals surface area contributed by atoms with Crippen LogP contribution in [0.5, 0.6) is 0 Å². The number of rotatable bonds is 0. The molecule has 1 aromatic heterocycles. The van der Waals surface area contributed by atoms with E-state index in [-0.39, 0.29) is 0 Å². The lowest BCUT2D eigenvalue weighted by Crippen LogP contribution is -1.76. The Kier molecular flexibility index (Phi) is 3.29. The first-order valence-corrected chi connectivity index (χ1v) is 5.06. The van der Waals surface area contributed by atoms with Crippen LogP contribution in [0, 0.1) is 0 Å². The molecule has 0 atom stereocenters. The second kappa shape index (κ2) is 5.11. The summed E-state index contributed by atoms with van der Waals surface area (Å²) in [5.74, 6) is 0. The van der Waals surface area contributed by atoms with Gasteiger partial charge in [0.25, 0.3) is 0 Å². The monoisotopic (exact) mass is 195 g/mol. The lowest BCUT2D eigenvalue weighted by Gasteiger charge is -1.93. The number of hydrogen-bond donors (Lipinski definition) is 0. The number of aromatic nitrogens is 1.